The molecular formula is C20H34O16. The van der Waals surface area contributed by atoms with Crippen molar-refractivity contribution in [2.75, 3.05) is 26.4 Å². The fourth-order valence-corrected chi connectivity index (χ4v) is 2.13. The molecule has 0 fully saturated rings. The van der Waals surface area contributed by atoms with Gasteiger partial charge >= 0.3 is 11.9 Å². The molecule has 0 aliphatic heterocycles. The molecule has 14 N–H and O–H groups in total. The van der Waals surface area contributed by atoms with Gasteiger partial charge in [-0.05, 0) is 18.2 Å². The number of carbonyl (C=O) groups is 2. The summed E-state index contributed by atoms with van der Waals surface area (Å²) in [5.74, 6) is -2.25. The van der Waals surface area contributed by atoms with Crippen molar-refractivity contribution >= 4 is 11.9 Å². The molecule has 36 heavy (non-hydrogen) atoms. The van der Waals surface area contributed by atoms with E-state index in [2.05, 4.69) is 0 Å². The van der Waals surface area contributed by atoms with E-state index in [0.717, 1.165) is 6.07 Å². The van der Waals surface area contributed by atoms with Crippen LogP contribution in [0, 0.1) is 0 Å². The maximum atomic E-state index is 10.4. The predicted molar refractivity (Wildman–Crippen MR) is 117 cm³/mol. The van der Waals surface area contributed by atoms with Gasteiger partial charge in [-0.3, -0.25) is 0 Å². The van der Waals surface area contributed by atoms with E-state index < -0.39 is 87.2 Å². The van der Waals surface area contributed by atoms with Gasteiger partial charge in [0.05, 0.1) is 37.6 Å². The summed E-state index contributed by atoms with van der Waals surface area (Å²) >= 11 is 0. The predicted octanol–water partition coefficient (Wildman–Crippen LogP) is -6.09. The number of aromatic carboxylic acids is 2. The molecule has 16 heteroatoms. The van der Waals surface area contributed by atoms with Crippen LogP contribution in [0.4, 0.5) is 0 Å². The average Bonchev–Trinajstić information content (AvgIpc) is 2.89. The lowest BCUT2D eigenvalue weighted by atomic mass is 10.0. The first-order valence-electron chi connectivity index (χ1n) is 10.1. The third-order valence-electron chi connectivity index (χ3n) is 4.38. The Balaban J connectivity index is 0. The monoisotopic (exact) mass is 530 g/mol. The Morgan fingerprint density at radius 2 is 0.750 bits per heavy atom. The number of aliphatic hydroxyl groups is 12. The molecule has 210 valence electrons. The summed E-state index contributed by atoms with van der Waals surface area (Å²) in [5, 5.41) is 121. The molecule has 8 atom stereocenters. The second-order valence-corrected chi connectivity index (χ2v) is 7.15. The van der Waals surface area contributed by atoms with Crippen LogP contribution in [0.15, 0.2) is 24.3 Å². The highest BCUT2D eigenvalue weighted by atomic mass is 16.4. The lowest BCUT2D eigenvalue weighted by Crippen LogP contribution is -2.46. The summed E-state index contributed by atoms with van der Waals surface area (Å²) in [4.78, 5) is 20.8. The van der Waals surface area contributed by atoms with Gasteiger partial charge in [-0.25, -0.2) is 9.59 Å². The topological polar surface area (TPSA) is 317 Å². The van der Waals surface area contributed by atoms with Gasteiger partial charge in [0, 0.05) is 0 Å². The van der Waals surface area contributed by atoms with Gasteiger partial charge in [-0.15, -0.1) is 0 Å². The van der Waals surface area contributed by atoms with Crippen LogP contribution in [-0.2, 0) is 0 Å². The summed E-state index contributed by atoms with van der Waals surface area (Å²) in [7, 11) is 0. The number of rotatable bonds is 12. The van der Waals surface area contributed by atoms with Crippen LogP contribution in [0.25, 0.3) is 0 Å². The standard InChI is InChI=1S/C8H6O4.2C6H14O6/c9-7(10)5-2-1-3-6(4-5)8(11)12;2*7-1-3(9)5(11)6(12)4(10)2-8/h1-4H,(H,9,10)(H,11,12);2*3-12H,1-2H2/t;2*3-,4+,5-,6-/m.11/s1. The van der Waals surface area contributed by atoms with Crippen LogP contribution in [0.1, 0.15) is 20.7 Å². The number of carboxylic acid groups (broad SMARTS) is 2. The number of benzene rings is 1. The van der Waals surface area contributed by atoms with Crippen LogP contribution in [0.5, 0.6) is 0 Å². The Morgan fingerprint density at radius 1 is 0.528 bits per heavy atom. The maximum absolute atomic E-state index is 10.4. The van der Waals surface area contributed by atoms with Crippen molar-refractivity contribution in [3.8, 4) is 0 Å². The van der Waals surface area contributed by atoms with Gasteiger partial charge in [-0.2, -0.15) is 0 Å². The van der Waals surface area contributed by atoms with E-state index in [-0.39, 0.29) is 11.1 Å². The lowest BCUT2D eigenvalue weighted by molar-refractivity contribution is -0.123. The Labute approximate surface area is 204 Å². The minimum atomic E-state index is -1.67. The van der Waals surface area contributed by atoms with Crippen molar-refractivity contribution in [2.24, 2.45) is 0 Å². The van der Waals surface area contributed by atoms with Crippen molar-refractivity contribution in [3.05, 3.63) is 35.4 Å². The van der Waals surface area contributed by atoms with Gasteiger partial charge in [0.1, 0.15) is 48.8 Å². The zero-order valence-electron chi connectivity index (χ0n) is 18.8. The molecule has 0 heterocycles. The van der Waals surface area contributed by atoms with Gasteiger partial charge in [0.15, 0.2) is 0 Å². The highest BCUT2D eigenvalue weighted by molar-refractivity contribution is 5.93. The zero-order chi connectivity index (χ0) is 28.6. The Hall–Kier alpha value is -2.32. The molecular weight excluding hydrogens is 496 g/mol. The molecule has 1 aromatic carbocycles. The molecule has 0 unspecified atom stereocenters. The molecule has 0 amide bonds. The second kappa shape index (κ2) is 18.9. The largest absolute Gasteiger partial charge is 0.478 e. The van der Waals surface area contributed by atoms with Crippen molar-refractivity contribution < 1.29 is 81.1 Å². The summed E-state index contributed by atoms with van der Waals surface area (Å²) in [6.07, 6.45) is -12.8. The summed E-state index contributed by atoms with van der Waals surface area (Å²) in [5.41, 5.74) is -0.0372. The smallest absolute Gasteiger partial charge is 0.335 e. The molecule has 0 radical (unpaired) electrons. The van der Waals surface area contributed by atoms with Gasteiger partial charge in [-0.1, -0.05) is 6.07 Å². The first-order chi connectivity index (χ1) is 16.7. The van der Waals surface area contributed by atoms with Gasteiger partial charge in [0.2, 0.25) is 0 Å². The van der Waals surface area contributed by atoms with Gasteiger partial charge in [0.25, 0.3) is 0 Å². The van der Waals surface area contributed by atoms with Crippen LogP contribution in [0.2, 0.25) is 0 Å². The van der Waals surface area contributed by atoms with Crippen LogP contribution >= 0.6 is 0 Å². The molecule has 1 rings (SSSR count). The summed E-state index contributed by atoms with van der Waals surface area (Å²) in [6, 6.07) is 5.20. The molecule has 0 aliphatic rings. The maximum Gasteiger partial charge on any atom is 0.335 e. The molecule has 0 saturated carbocycles. The van der Waals surface area contributed by atoms with Crippen molar-refractivity contribution in [1.82, 2.24) is 0 Å². The van der Waals surface area contributed by atoms with E-state index in [4.69, 9.17) is 71.5 Å². The van der Waals surface area contributed by atoms with E-state index in [1.165, 1.54) is 18.2 Å². The third kappa shape index (κ3) is 13.1. The average molecular weight is 530 g/mol. The van der Waals surface area contributed by atoms with E-state index in [0.29, 0.717) is 0 Å². The molecule has 0 spiro atoms. The Morgan fingerprint density at radius 3 is 0.917 bits per heavy atom. The highest BCUT2D eigenvalue weighted by Gasteiger charge is 2.30. The SMILES string of the molecule is O=C(O)c1cccc(C(=O)O)c1.OC[C@@H](O)[C@@H](O)[C@H](O)[C@@H](O)CO.OC[C@@H](O)[C@@H](O)[C@H](O)[C@@H](O)CO. The van der Waals surface area contributed by atoms with E-state index in [9.17, 15) is 9.59 Å². The van der Waals surface area contributed by atoms with Crippen molar-refractivity contribution in [3.63, 3.8) is 0 Å². The molecule has 0 saturated heterocycles. The van der Waals surface area contributed by atoms with Gasteiger partial charge < -0.3 is 71.5 Å². The number of hydrogen-bond acceptors (Lipinski definition) is 14. The molecule has 0 aliphatic carbocycles. The summed E-state index contributed by atoms with van der Waals surface area (Å²) < 4.78 is 0. The molecule has 0 aromatic heterocycles. The van der Waals surface area contributed by atoms with Crippen molar-refractivity contribution in [1.29, 1.82) is 0 Å². The Kier molecular flexibility index (Phi) is 18.8. The Bertz CT molecular complexity index is 661. The fourth-order valence-electron chi connectivity index (χ4n) is 2.13. The lowest BCUT2D eigenvalue weighted by Gasteiger charge is -2.24. The van der Waals surface area contributed by atoms with E-state index >= 15 is 0 Å². The molecule has 16 nitrogen and oxygen atoms in total. The van der Waals surface area contributed by atoms with E-state index in [1.807, 2.05) is 0 Å². The minimum Gasteiger partial charge on any atom is -0.478 e. The number of aliphatic hydroxyl groups excluding tert-OH is 12. The first-order valence-corrected chi connectivity index (χ1v) is 10.1. The normalized spacial score (nSPS) is 17.4. The quantitative estimate of drug-likeness (QED) is 0.119. The van der Waals surface area contributed by atoms with Crippen LogP contribution in [-0.4, -0.2) is 159 Å². The highest BCUT2D eigenvalue weighted by Crippen LogP contribution is 2.06. The minimum absolute atomic E-state index is 0.0186. The fraction of sp³-hybridized carbons (Fsp3) is 0.600. The number of carboxylic acids is 2. The second-order valence-electron chi connectivity index (χ2n) is 7.15. The molecule has 1 aromatic rings. The number of hydrogen-bond donors (Lipinski definition) is 14. The van der Waals surface area contributed by atoms with Crippen LogP contribution < -0.4 is 0 Å². The molecule has 0 bridgehead atoms. The van der Waals surface area contributed by atoms with Crippen LogP contribution in [0.3, 0.4) is 0 Å². The van der Waals surface area contributed by atoms with Crippen molar-refractivity contribution in [2.45, 2.75) is 48.8 Å². The zero-order valence-corrected chi connectivity index (χ0v) is 18.8. The summed E-state index contributed by atoms with van der Waals surface area (Å²) in [6.45, 7) is -2.90. The van der Waals surface area contributed by atoms with E-state index in [1.54, 1.807) is 0 Å². The first kappa shape index (κ1) is 35.8. The third-order valence-corrected chi connectivity index (χ3v) is 4.38.